The first-order chi connectivity index (χ1) is 6.52. The second kappa shape index (κ2) is 4.21. The molecule has 0 atom stereocenters. The van der Waals surface area contributed by atoms with Gasteiger partial charge in [-0.2, -0.15) is 0 Å². The number of nitrogens with one attached hydrogen (secondary N) is 1. The molecule has 0 aliphatic carbocycles. The molecule has 7 heteroatoms. The first kappa shape index (κ1) is 10.7. The molecule has 0 aliphatic heterocycles. The smallest absolute Gasteiger partial charge is 0.312 e. The highest BCUT2D eigenvalue weighted by Crippen LogP contribution is 2.30. The van der Waals surface area contributed by atoms with Gasteiger partial charge >= 0.3 is 5.69 Å². The third-order valence-corrected chi connectivity index (χ3v) is 1.70. The van der Waals surface area contributed by atoms with Crippen LogP contribution in [0.1, 0.15) is 0 Å². The Hall–Kier alpha value is -1.40. The van der Waals surface area contributed by atoms with Crippen LogP contribution in [-0.2, 0) is 0 Å². The van der Waals surface area contributed by atoms with Gasteiger partial charge in [0, 0.05) is 20.3 Å². The van der Waals surface area contributed by atoms with E-state index in [1.807, 2.05) is 0 Å². The Morgan fingerprint density at radius 3 is 2.71 bits per heavy atom. The Morgan fingerprint density at radius 1 is 1.57 bits per heavy atom. The van der Waals surface area contributed by atoms with Gasteiger partial charge in [-0.25, -0.2) is 5.01 Å². The van der Waals surface area contributed by atoms with Gasteiger partial charge in [0.25, 0.3) is 0 Å². The third kappa shape index (κ3) is 2.30. The molecule has 1 N–H and O–H groups in total. The van der Waals surface area contributed by atoms with E-state index in [4.69, 9.17) is 11.6 Å². The Balaban J connectivity index is 3.15. The number of aromatic nitrogens is 1. The summed E-state index contributed by atoms with van der Waals surface area (Å²) in [5, 5.41) is 12.4. The predicted molar refractivity (Wildman–Crippen MR) is 53.2 cm³/mol. The minimum Gasteiger partial charge on any atom is -0.312 e. The number of pyridine rings is 1. The van der Waals surface area contributed by atoms with Gasteiger partial charge in [0.15, 0.2) is 0 Å². The van der Waals surface area contributed by atoms with Crippen LogP contribution in [0.15, 0.2) is 12.4 Å². The summed E-state index contributed by atoms with van der Waals surface area (Å²) >= 11 is 5.76. The van der Waals surface area contributed by atoms with E-state index in [1.165, 1.54) is 6.20 Å². The summed E-state index contributed by atoms with van der Waals surface area (Å²) in [6.07, 6.45) is 2.50. The van der Waals surface area contributed by atoms with Crippen molar-refractivity contribution < 1.29 is 4.92 Å². The summed E-state index contributed by atoms with van der Waals surface area (Å²) in [5.74, 6) is 0. The first-order valence-corrected chi connectivity index (χ1v) is 4.12. The van der Waals surface area contributed by atoms with Crippen LogP contribution in [0.5, 0.6) is 0 Å². The SMILES string of the molecule is CN(C)Nc1c(Cl)cncc1[N+](=O)[O-]. The zero-order valence-electron chi connectivity index (χ0n) is 7.69. The fraction of sp³-hybridized carbons (Fsp3) is 0.286. The molecule has 1 aromatic rings. The normalized spacial score (nSPS) is 10.3. The van der Waals surface area contributed by atoms with Gasteiger partial charge in [0.1, 0.15) is 11.9 Å². The molecule has 1 aromatic heterocycles. The quantitative estimate of drug-likeness (QED) is 0.613. The van der Waals surface area contributed by atoms with Crippen molar-refractivity contribution in [2.45, 2.75) is 0 Å². The molecule has 0 spiro atoms. The molecule has 76 valence electrons. The maximum Gasteiger partial charge on any atom is 0.313 e. The van der Waals surface area contributed by atoms with Gasteiger partial charge in [0.05, 0.1) is 9.95 Å². The standard InChI is InChI=1S/C7H9ClN4O2/c1-11(2)10-7-5(8)3-9-4-6(7)12(13)14/h3-4H,1-2H3,(H,9,10). The van der Waals surface area contributed by atoms with E-state index >= 15 is 0 Å². The number of hydrogen-bond donors (Lipinski definition) is 1. The Kier molecular flexibility index (Phi) is 3.21. The van der Waals surface area contributed by atoms with Crippen molar-refractivity contribution in [3.8, 4) is 0 Å². The lowest BCUT2D eigenvalue weighted by molar-refractivity contribution is -0.384. The number of hydrogen-bond acceptors (Lipinski definition) is 5. The van der Waals surface area contributed by atoms with Crippen LogP contribution in [0, 0.1) is 10.1 Å². The van der Waals surface area contributed by atoms with Gasteiger partial charge in [0.2, 0.25) is 0 Å². The average Bonchev–Trinajstić information content (AvgIpc) is 2.07. The van der Waals surface area contributed by atoms with Crippen LogP contribution >= 0.6 is 11.6 Å². The zero-order chi connectivity index (χ0) is 10.7. The van der Waals surface area contributed by atoms with Crippen molar-refractivity contribution in [2.75, 3.05) is 19.5 Å². The molecule has 0 bridgehead atoms. The highest BCUT2D eigenvalue weighted by molar-refractivity contribution is 6.33. The maximum absolute atomic E-state index is 10.6. The Labute approximate surface area is 85.6 Å². The topological polar surface area (TPSA) is 71.3 Å². The summed E-state index contributed by atoms with van der Waals surface area (Å²) in [4.78, 5) is 13.7. The molecule has 1 rings (SSSR count). The first-order valence-electron chi connectivity index (χ1n) is 3.74. The van der Waals surface area contributed by atoms with Gasteiger partial charge in [-0.15, -0.1) is 0 Å². The lowest BCUT2D eigenvalue weighted by Crippen LogP contribution is -2.20. The van der Waals surface area contributed by atoms with E-state index in [2.05, 4.69) is 10.4 Å². The monoisotopic (exact) mass is 216 g/mol. The van der Waals surface area contributed by atoms with Crippen molar-refractivity contribution in [1.29, 1.82) is 0 Å². The van der Waals surface area contributed by atoms with E-state index in [0.717, 1.165) is 6.20 Å². The predicted octanol–water partition coefficient (Wildman–Crippen LogP) is 1.53. The molecule has 0 unspecified atom stereocenters. The number of halogens is 1. The Morgan fingerprint density at radius 2 is 2.21 bits per heavy atom. The molecular weight excluding hydrogens is 208 g/mol. The molecule has 0 aromatic carbocycles. The largest absolute Gasteiger partial charge is 0.313 e. The highest BCUT2D eigenvalue weighted by atomic mass is 35.5. The molecule has 0 saturated heterocycles. The summed E-state index contributed by atoms with van der Waals surface area (Å²) in [6.45, 7) is 0. The molecular formula is C7H9ClN4O2. The molecule has 0 fully saturated rings. The van der Waals surface area contributed by atoms with Gasteiger partial charge in [-0.1, -0.05) is 11.6 Å². The third-order valence-electron chi connectivity index (χ3n) is 1.41. The average molecular weight is 217 g/mol. The number of rotatable bonds is 3. The fourth-order valence-corrected chi connectivity index (χ4v) is 1.09. The van der Waals surface area contributed by atoms with Crippen LogP contribution in [0.2, 0.25) is 5.02 Å². The molecule has 14 heavy (non-hydrogen) atoms. The van der Waals surface area contributed by atoms with Crippen LogP contribution in [-0.4, -0.2) is 29.0 Å². The summed E-state index contributed by atoms with van der Waals surface area (Å²) < 4.78 is 0. The van der Waals surface area contributed by atoms with E-state index in [9.17, 15) is 10.1 Å². The van der Waals surface area contributed by atoms with Crippen LogP contribution in [0.25, 0.3) is 0 Å². The lowest BCUT2D eigenvalue weighted by Gasteiger charge is -2.13. The van der Waals surface area contributed by atoms with Crippen molar-refractivity contribution in [3.05, 3.63) is 27.5 Å². The van der Waals surface area contributed by atoms with Crippen LogP contribution in [0.4, 0.5) is 11.4 Å². The molecule has 0 aliphatic rings. The second-order valence-electron chi connectivity index (χ2n) is 2.78. The lowest BCUT2D eigenvalue weighted by atomic mass is 10.3. The number of hydrazine groups is 1. The highest BCUT2D eigenvalue weighted by Gasteiger charge is 2.17. The van der Waals surface area contributed by atoms with E-state index < -0.39 is 4.92 Å². The minimum absolute atomic E-state index is 0.147. The van der Waals surface area contributed by atoms with Gasteiger partial charge < -0.3 is 5.43 Å². The van der Waals surface area contributed by atoms with Crippen molar-refractivity contribution in [2.24, 2.45) is 0 Å². The van der Waals surface area contributed by atoms with Crippen molar-refractivity contribution >= 4 is 23.0 Å². The molecule has 6 nitrogen and oxygen atoms in total. The number of nitrogens with zero attached hydrogens (tertiary/aromatic N) is 3. The maximum atomic E-state index is 10.6. The van der Waals surface area contributed by atoms with E-state index in [0.29, 0.717) is 0 Å². The second-order valence-corrected chi connectivity index (χ2v) is 3.19. The van der Waals surface area contributed by atoms with E-state index in [-0.39, 0.29) is 16.4 Å². The molecule has 0 saturated carbocycles. The number of anilines is 1. The summed E-state index contributed by atoms with van der Waals surface area (Å²) in [6, 6.07) is 0. The molecule has 1 heterocycles. The minimum atomic E-state index is -0.537. The number of nitro groups is 1. The van der Waals surface area contributed by atoms with Gasteiger partial charge in [-0.3, -0.25) is 15.1 Å². The zero-order valence-corrected chi connectivity index (χ0v) is 8.45. The van der Waals surface area contributed by atoms with Crippen LogP contribution < -0.4 is 5.43 Å². The van der Waals surface area contributed by atoms with Crippen molar-refractivity contribution in [1.82, 2.24) is 9.99 Å². The fourth-order valence-electron chi connectivity index (χ4n) is 0.897. The summed E-state index contributed by atoms with van der Waals surface area (Å²) in [7, 11) is 3.42. The molecule has 0 amide bonds. The van der Waals surface area contributed by atoms with Crippen LogP contribution in [0.3, 0.4) is 0 Å². The Bertz CT molecular complexity index is 356. The summed E-state index contributed by atoms with van der Waals surface area (Å²) in [5.41, 5.74) is 2.84. The van der Waals surface area contributed by atoms with Crippen molar-refractivity contribution in [3.63, 3.8) is 0 Å². The van der Waals surface area contributed by atoms with E-state index in [1.54, 1.807) is 19.1 Å². The molecule has 0 radical (unpaired) electrons. The van der Waals surface area contributed by atoms with Gasteiger partial charge in [-0.05, 0) is 0 Å².